The lowest BCUT2D eigenvalue weighted by molar-refractivity contribution is -0.122. The number of nitrogens with one attached hydrogen (secondary N) is 3. The lowest BCUT2D eigenvalue weighted by Gasteiger charge is -2.21. The summed E-state index contributed by atoms with van der Waals surface area (Å²) in [6, 6.07) is 5.57. The molecule has 4 amide bonds. The predicted octanol–water partition coefficient (Wildman–Crippen LogP) is 2.87. The van der Waals surface area contributed by atoms with Crippen LogP contribution in [0.4, 0.5) is 29.3 Å². The first-order valence-electron chi connectivity index (χ1n) is 10.4. The molecular weight excluding hydrogens is 457 g/mol. The summed E-state index contributed by atoms with van der Waals surface area (Å²) in [5.41, 5.74) is -0.142. The third kappa shape index (κ3) is 6.61. The molecule has 1 aliphatic heterocycles. The van der Waals surface area contributed by atoms with Gasteiger partial charge in [0.15, 0.2) is 29.0 Å². The molecule has 0 saturated carbocycles. The van der Waals surface area contributed by atoms with Crippen LogP contribution < -0.4 is 25.4 Å². The fourth-order valence-corrected chi connectivity index (χ4v) is 3.20. The van der Waals surface area contributed by atoms with Gasteiger partial charge in [-0.05, 0) is 37.2 Å². The van der Waals surface area contributed by atoms with Crippen LogP contribution in [-0.2, 0) is 9.59 Å². The third-order valence-electron chi connectivity index (χ3n) is 4.64. The number of anilines is 2. The number of imide groups is 1. The van der Waals surface area contributed by atoms with Crippen LogP contribution in [0.2, 0.25) is 0 Å². The minimum atomic E-state index is -1.70. The van der Waals surface area contributed by atoms with Gasteiger partial charge in [0.1, 0.15) is 13.2 Å². The van der Waals surface area contributed by atoms with Crippen molar-refractivity contribution in [2.24, 2.45) is 0 Å². The molecule has 1 heterocycles. The highest BCUT2D eigenvalue weighted by Gasteiger charge is 2.19. The molecule has 2 aromatic rings. The van der Waals surface area contributed by atoms with Crippen molar-refractivity contribution in [3.8, 4) is 11.5 Å². The molecular formula is C22H23F3N4O5. The third-order valence-corrected chi connectivity index (χ3v) is 4.64. The van der Waals surface area contributed by atoms with Crippen molar-refractivity contribution in [1.29, 1.82) is 0 Å². The highest BCUT2D eigenvalue weighted by Crippen LogP contribution is 2.32. The zero-order valence-corrected chi connectivity index (χ0v) is 18.3. The van der Waals surface area contributed by atoms with Crippen LogP contribution in [0.5, 0.6) is 11.5 Å². The summed E-state index contributed by atoms with van der Waals surface area (Å²) < 4.78 is 51.0. The highest BCUT2D eigenvalue weighted by atomic mass is 19.2. The van der Waals surface area contributed by atoms with E-state index in [4.69, 9.17) is 9.47 Å². The van der Waals surface area contributed by atoms with Gasteiger partial charge in [-0.3, -0.25) is 19.8 Å². The van der Waals surface area contributed by atoms with E-state index in [0.717, 1.165) is 6.07 Å². The maximum Gasteiger partial charge on any atom is 0.325 e. The lowest BCUT2D eigenvalue weighted by Crippen LogP contribution is -2.44. The molecule has 0 bridgehead atoms. The summed E-state index contributed by atoms with van der Waals surface area (Å²) in [5, 5.41) is 6.81. The Morgan fingerprint density at radius 3 is 2.35 bits per heavy atom. The van der Waals surface area contributed by atoms with E-state index >= 15 is 0 Å². The van der Waals surface area contributed by atoms with E-state index in [2.05, 4.69) is 16.0 Å². The molecule has 0 aliphatic carbocycles. The zero-order valence-electron chi connectivity index (χ0n) is 18.3. The molecule has 3 rings (SSSR count). The van der Waals surface area contributed by atoms with Gasteiger partial charge in [-0.2, -0.15) is 0 Å². The van der Waals surface area contributed by atoms with Crippen molar-refractivity contribution in [2.75, 3.05) is 43.5 Å². The van der Waals surface area contributed by atoms with E-state index < -0.39 is 41.0 Å². The van der Waals surface area contributed by atoms with Crippen molar-refractivity contribution in [1.82, 2.24) is 10.2 Å². The molecule has 0 saturated heterocycles. The standard InChI is InChI=1S/C22H23F3N4O5/c1-2-7-29(11-18(30)27-15-5-4-14(23)20(24)21(15)25)12-19(31)28-22(32)26-13-3-6-16-17(10-13)34-9-8-33-16/h3-6,10H,2,7-9,11-12H2,1H3,(H,27,30)(H2,26,28,31,32). The molecule has 182 valence electrons. The number of hydrogen-bond donors (Lipinski definition) is 3. The summed E-state index contributed by atoms with van der Waals surface area (Å²) in [4.78, 5) is 38.1. The van der Waals surface area contributed by atoms with Crippen molar-refractivity contribution in [3.63, 3.8) is 0 Å². The largest absolute Gasteiger partial charge is 0.486 e. The predicted molar refractivity (Wildman–Crippen MR) is 116 cm³/mol. The number of nitrogens with zero attached hydrogens (tertiary/aromatic N) is 1. The van der Waals surface area contributed by atoms with Gasteiger partial charge >= 0.3 is 6.03 Å². The van der Waals surface area contributed by atoms with Crippen molar-refractivity contribution in [2.45, 2.75) is 13.3 Å². The van der Waals surface area contributed by atoms with Gasteiger partial charge in [-0.25, -0.2) is 18.0 Å². The Morgan fingerprint density at radius 1 is 0.912 bits per heavy atom. The zero-order chi connectivity index (χ0) is 24.7. The minimum absolute atomic E-state index is 0.309. The van der Waals surface area contributed by atoms with Crippen LogP contribution in [0, 0.1) is 17.5 Å². The van der Waals surface area contributed by atoms with Gasteiger partial charge < -0.3 is 20.1 Å². The van der Waals surface area contributed by atoms with E-state index in [9.17, 15) is 27.6 Å². The first-order chi connectivity index (χ1) is 16.3. The highest BCUT2D eigenvalue weighted by molar-refractivity contribution is 6.02. The fraction of sp³-hybridized carbons (Fsp3) is 0.318. The second-order valence-corrected chi connectivity index (χ2v) is 7.34. The Kier molecular flexibility index (Phi) is 8.30. The Labute approximate surface area is 193 Å². The lowest BCUT2D eigenvalue weighted by atomic mass is 10.2. The molecule has 0 spiro atoms. The van der Waals surface area contributed by atoms with Gasteiger partial charge in [-0.1, -0.05) is 6.92 Å². The minimum Gasteiger partial charge on any atom is -0.486 e. The SMILES string of the molecule is CCCN(CC(=O)NC(=O)Nc1ccc2c(c1)OCCO2)CC(=O)Nc1ccc(F)c(F)c1F. The van der Waals surface area contributed by atoms with Crippen LogP contribution in [0.15, 0.2) is 30.3 Å². The summed E-state index contributed by atoms with van der Waals surface area (Å²) in [6.45, 7) is 2.28. The average molecular weight is 480 g/mol. The maximum atomic E-state index is 13.8. The maximum absolute atomic E-state index is 13.8. The number of ether oxygens (including phenoxy) is 2. The molecule has 0 radical (unpaired) electrons. The smallest absolute Gasteiger partial charge is 0.325 e. The van der Waals surface area contributed by atoms with Crippen LogP contribution in [-0.4, -0.2) is 55.6 Å². The number of amides is 4. The number of urea groups is 1. The van der Waals surface area contributed by atoms with E-state index in [-0.39, 0.29) is 13.1 Å². The molecule has 1 aliphatic rings. The van der Waals surface area contributed by atoms with Gasteiger partial charge in [0.2, 0.25) is 11.8 Å². The van der Waals surface area contributed by atoms with Crippen LogP contribution in [0.1, 0.15) is 13.3 Å². The summed E-state index contributed by atoms with van der Waals surface area (Å²) in [6.07, 6.45) is 0.573. The van der Waals surface area contributed by atoms with Crippen molar-refractivity contribution < 1.29 is 37.0 Å². The van der Waals surface area contributed by atoms with E-state index in [1.165, 1.54) is 4.90 Å². The average Bonchev–Trinajstić information content (AvgIpc) is 2.79. The number of carbonyl (C=O) groups excluding carboxylic acids is 3. The molecule has 3 N–H and O–H groups in total. The van der Waals surface area contributed by atoms with Crippen molar-refractivity contribution >= 4 is 29.2 Å². The molecule has 0 atom stereocenters. The Balaban J connectivity index is 1.52. The Bertz CT molecular complexity index is 1080. The summed E-state index contributed by atoms with van der Waals surface area (Å²) in [5.74, 6) is -5.02. The van der Waals surface area contributed by atoms with Crippen LogP contribution >= 0.6 is 0 Å². The van der Waals surface area contributed by atoms with Crippen molar-refractivity contribution in [3.05, 3.63) is 47.8 Å². The number of fused-ring (bicyclic) bond motifs is 1. The first kappa shape index (κ1) is 24.8. The first-order valence-corrected chi connectivity index (χ1v) is 10.4. The summed E-state index contributed by atoms with van der Waals surface area (Å²) in [7, 11) is 0. The summed E-state index contributed by atoms with van der Waals surface area (Å²) >= 11 is 0. The molecule has 0 fully saturated rings. The Morgan fingerprint density at radius 2 is 1.62 bits per heavy atom. The fourth-order valence-electron chi connectivity index (χ4n) is 3.20. The van der Waals surface area contributed by atoms with Gasteiger partial charge in [0.25, 0.3) is 0 Å². The van der Waals surface area contributed by atoms with E-state index in [1.54, 1.807) is 18.2 Å². The number of hydrogen-bond acceptors (Lipinski definition) is 6. The number of rotatable bonds is 8. The second-order valence-electron chi connectivity index (χ2n) is 7.34. The normalized spacial score (nSPS) is 12.3. The van der Waals surface area contributed by atoms with E-state index in [0.29, 0.717) is 49.4 Å². The van der Waals surface area contributed by atoms with Crippen LogP contribution in [0.25, 0.3) is 0 Å². The molecule has 2 aromatic carbocycles. The Hall–Kier alpha value is -3.80. The molecule has 12 heteroatoms. The molecule has 34 heavy (non-hydrogen) atoms. The van der Waals surface area contributed by atoms with E-state index in [1.807, 2.05) is 6.92 Å². The van der Waals surface area contributed by atoms with Gasteiger partial charge in [0, 0.05) is 11.8 Å². The molecule has 0 aromatic heterocycles. The molecule has 0 unspecified atom stereocenters. The number of benzene rings is 2. The van der Waals surface area contributed by atoms with Crippen LogP contribution in [0.3, 0.4) is 0 Å². The number of carbonyl (C=O) groups is 3. The van der Waals surface area contributed by atoms with Gasteiger partial charge in [0.05, 0.1) is 18.8 Å². The second kappa shape index (κ2) is 11.4. The monoisotopic (exact) mass is 480 g/mol. The van der Waals surface area contributed by atoms with Gasteiger partial charge in [-0.15, -0.1) is 0 Å². The number of halogens is 3. The topological polar surface area (TPSA) is 109 Å². The molecule has 9 nitrogen and oxygen atoms in total. The quantitative estimate of drug-likeness (QED) is 0.502.